The van der Waals surface area contributed by atoms with E-state index in [2.05, 4.69) is 0 Å². The average molecular weight is 275 g/mol. The molecule has 0 aliphatic rings. The molecule has 102 valence electrons. The topological polar surface area (TPSA) is 58.9 Å². The maximum atomic E-state index is 9.57. The largest absolute Gasteiger partial charge is 0.496 e. The van der Waals surface area contributed by atoms with Crippen LogP contribution in [-0.2, 0) is 6.42 Å². The lowest BCUT2D eigenvalue weighted by Gasteiger charge is -2.15. The molecule has 18 heavy (non-hydrogen) atoms. The van der Waals surface area contributed by atoms with Gasteiger partial charge in [0.15, 0.2) is 0 Å². The summed E-state index contributed by atoms with van der Waals surface area (Å²) < 4.78 is 10.4. The molecule has 2 atom stereocenters. The van der Waals surface area contributed by atoms with Crippen LogP contribution in [0, 0.1) is 0 Å². The predicted octanol–water partition coefficient (Wildman–Crippen LogP) is 2.03. The standard InChI is InChI=1S/C13H19ClO4/c1-8(15)11(16)5-4-9-6-10(14)13(18-3)7-12(9)17-2/h6-8,11,15-16H,4-5H2,1-3H3. The zero-order valence-electron chi connectivity index (χ0n) is 10.8. The van der Waals surface area contributed by atoms with E-state index in [0.717, 1.165) is 5.56 Å². The van der Waals surface area contributed by atoms with Crippen molar-refractivity contribution in [2.75, 3.05) is 14.2 Å². The summed E-state index contributed by atoms with van der Waals surface area (Å²) in [5.74, 6) is 1.21. The van der Waals surface area contributed by atoms with Crippen LogP contribution in [0.2, 0.25) is 5.02 Å². The first-order valence-corrected chi connectivity index (χ1v) is 6.14. The Kier molecular flexibility index (Phi) is 5.72. The molecule has 1 aromatic rings. The van der Waals surface area contributed by atoms with Gasteiger partial charge in [0, 0.05) is 6.07 Å². The summed E-state index contributed by atoms with van der Waals surface area (Å²) in [6, 6.07) is 3.47. The summed E-state index contributed by atoms with van der Waals surface area (Å²) in [5.41, 5.74) is 0.878. The van der Waals surface area contributed by atoms with Crippen molar-refractivity contribution < 1.29 is 19.7 Å². The second kappa shape index (κ2) is 6.83. The molecule has 0 spiro atoms. The van der Waals surface area contributed by atoms with Crippen molar-refractivity contribution in [3.8, 4) is 11.5 Å². The van der Waals surface area contributed by atoms with E-state index in [9.17, 15) is 10.2 Å². The van der Waals surface area contributed by atoms with E-state index in [1.54, 1.807) is 26.2 Å². The highest BCUT2D eigenvalue weighted by Crippen LogP contribution is 2.33. The zero-order valence-corrected chi connectivity index (χ0v) is 11.6. The van der Waals surface area contributed by atoms with Crippen molar-refractivity contribution in [3.05, 3.63) is 22.7 Å². The quantitative estimate of drug-likeness (QED) is 0.833. The average Bonchev–Trinajstić information content (AvgIpc) is 2.35. The Morgan fingerprint density at radius 1 is 1.17 bits per heavy atom. The molecule has 1 aromatic carbocycles. The molecule has 0 aromatic heterocycles. The van der Waals surface area contributed by atoms with E-state index in [0.29, 0.717) is 29.4 Å². The Morgan fingerprint density at radius 2 is 1.78 bits per heavy atom. The number of ether oxygens (including phenoxy) is 2. The van der Waals surface area contributed by atoms with Crippen molar-refractivity contribution in [1.29, 1.82) is 0 Å². The van der Waals surface area contributed by atoms with Gasteiger partial charge in [0.05, 0.1) is 31.5 Å². The van der Waals surface area contributed by atoms with Crippen LogP contribution in [0.1, 0.15) is 18.9 Å². The third-order valence-electron chi connectivity index (χ3n) is 2.82. The van der Waals surface area contributed by atoms with Gasteiger partial charge >= 0.3 is 0 Å². The lowest BCUT2D eigenvalue weighted by atomic mass is 10.0. The maximum Gasteiger partial charge on any atom is 0.141 e. The van der Waals surface area contributed by atoms with Crippen LogP contribution in [-0.4, -0.2) is 36.6 Å². The molecule has 0 bridgehead atoms. The van der Waals surface area contributed by atoms with Crippen LogP contribution in [0.25, 0.3) is 0 Å². The molecule has 0 aliphatic carbocycles. The molecule has 0 aliphatic heterocycles. The van der Waals surface area contributed by atoms with Crippen molar-refractivity contribution >= 4 is 11.6 Å². The Hall–Kier alpha value is -0.970. The molecule has 0 fully saturated rings. The van der Waals surface area contributed by atoms with Crippen molar-refractivity contribution in [2.45, 2.75) is 32.0 Å². The highest BCUT2D eigenvalue weighted by Gasteiger charge is 2.14. The molecule has 2 N–H and O–H groups in total. The molecule has 0 saturated heterocycles. The zero-order chi connectivity index (χ0) is 13.7. The van der Waals surface area contributed by atoms with Gasteiger partial charge in [-0.3, -0.25) is 0 Å². The molecular weight excluding hydrogens is 256 g/mol. The van der Waals surface area contributed by atoms with Crippen molar-refractivity contribution in [2.24, 2.45) is 0 Å². The fraction of sp³-hybridized carbons (Fsp3) is 0.538. The third kappa shape index (κ3) is 3.77. The van der Waals surface area contributed by atoms with Gasteiger partial charge in [0.2, 0.25) is 0 Å². The van der Waals surface area contributed by atoms with E-state index in [-0.39, 0.29) is 0 Å². The number of aliphatic hydroxyl groups is 2. The second-order valence-corrected chi connectivity index (χ2v) is 4.55. The molecule has 4 nitrogen and oxygen atoms in total. The van der Waals surface area contributed by atoms with Gasteiger partial charge in [0.25, 0.3) is 0 Å². The molecule has 1 rings (SSSR count). The summed E-state index contributed by atoms with van der Waals surface area (Å²) >= 11 is 6.04. The van der Waals surface area contributed by atoms with Gasteiger partial charge in [-0.15, -0.1) is 0 Å². The van der Waals surface area contributed by atoms with Gasteiger partial charge in [-0.25, -0.2) is 0 Å². The van der Waals surface area contributed by atoms with Crippen molar-refractivity contribution in [3.63, 3.8) is 0 Å². The van der Waals surface area contributed by atoms with E-state index < -0.39 is 12.2 Å². The summed E-state index contributed by atoms with van der Waals surface area (Å²) in [5, 5.41) is 19.3. The first-order chi connectivity index (χ1) is 8.49. The third-order valence-corrected chi connectivity index (χ3v) is 3.12. The summed E-state index contributed by atoms with van der Waals surface area (Å²) in [4.78, 5) is 0. The number of hydrogen-bond donors (Lipinski definition) is 2. The summed E-state index contributed by atoms with van der Waals surface area (Å²) in [7, 11) is 3.11. The number of rotatable bonds is 6. The lowest BCUT2D eigenvalue weighted by molar-refractivity contribution is 0.0264. The van der Waals surface area contributed by atoms with Crippen LogP contribution < -0.4 is 9.47 Å². The minimum Gasteiger partial charge on any atom is -0.496 e. The molecule has 0 saturated carbocycles. The molecular formula is C13H19ClO4. The fourth-order valence-corrected chi connectivity index (χ4v) is 1.93. The number of methoxy groups -OCH3 is 2. The molecule has 2 unspecified atom stereocenters. The highest BCUT2D eigenvalue weighted by atomic mass is 35.5. The number of hydrogen-bond acceptors (Lipinski definition) is 4. The van der Waals surface area contributed by atoms with E-state index in [1.807, 2.05) is 0 Å². The van der Waals surface area contributed by atoms with Crippen LogP contribution in [0.3, 0.4) is 0 Å². The first kappa shape index (κ1) is 15.1. The highest BCUT2D eigenvalue weighted by molar-refractivity contribution is 6.32. The van der Waals surface area contributed by atoms with Crippen LogP contribution >= 0.6 is 11.6 Å². The number of aliphatic hydroxyl groups excluding tert-OH is 2. The van der Waals surface area contributed by atoms with Gasteiger partial charge in [-0.05, 0) is 31.4 Å². The molecule has 0 heterocycles. The number of benzene rings is 1. The Bertz CT molecular complexity index is 393. The molecule has 0 amide bonds. The maximum absolute atomic E-state index is 9.57. The number of halogens is 1. The Balaban J connectivity index is 2.85. The minimum atomic E-state index is -0.754. The predicted molar refractivity (Wildman–Crippen MR) is 70.6 cm³/mol. The smallest absolute Gasteiger partial charge is 0.141 e. The normalized spacial score (nSPS) is 14.1. The Morgan fingerprint density at radius 3 is 2.28 bits per heavy atom. The Labute approximate surface area is 112 Å². The number of aryl methyl sites for hydroxylation is 1. The van der Waals surface area contributed by atoms with Gasteiger partial charge in [-0.2, -0.15) is 0 Å². The summed E-state index contributed by atoms with van der Waals surface area (Å²) in [6.07, 6.45) is -0.490. The van der Waals surface area contributed by atoms with Crippen molar-refractivity contribution in [1.82, 2.24) is 0 Å². The van der Waals surface area contributed by atoms with Crippen LogP contribution in [0.4, 0.5) is 0 Å². The fourth-order valence-electron chi connectivity index (χ4n) is 1.66. The SMILES string of the molecule is COc1cc(OC)c(CCC(O)C(C)O)cc1Cl. The van der Waals surface area contributed by atoms with Gasteiger partial charge in [-0.1, -0.05) is 11.6 Å². The van der Waals surface area contributed by atoms with E-state index in [1.165, 1.54) is 7.11 Å². The van der Waals surface area contributed by atoms with E-state index >= 15 is 0 Å². The molecule has 0 radical (unpaired) electrons. The minimum absolute atomic E-state index is 0.441. The lowest BCUT2D eigenvalue weighted by Crippen LogP contribution is -2.22. The monoisotopic (exact) mass is 274 g/mol. The van der Waals surface area contributed by atoms with E-state index in [4.69, 9.17) is 21.1 Å². The van der Waals surface area contributed by atoms with Crippen LogP contribution in [0.5, 0.6) is 11.5 Å². The first-order valence-electron chi connectivity index (χ1n) is 5.76. The summed E-state index contributed by atoms with van der Waals surface area (Å²) in [6.45, 7) is 1.56. The van der Waals surface area contributed by atoms with Gasteiger partial charge < -0.3 is 19.7 Å². The van der Waals surface area contributed by atoms with Gasteiger partial charge in [0.1, 0.15) is 11.5 Å². The molecule has 5 heteroatoms. The van der Waals surface area contributed by atoms with Crippen LogP contribution in [0.15, 0.2) is 12.1 Å². The second-order valence-electron chi connectivity index (χ2n) is 4.15.